The molecule has 0 spiro atoms. The number of hydrogen-bond donors (Lipinski definition) is 2. The van der Waals surface area contributed by atoms with Crippen LogP contribution in [-0.4, -0.2) is 66.8 Å². The number of piperazine rings is 1. The fourth-order valence-electron chi connectivity index (χ4n) is 4.36. The number of anilines is 1. The Labute approximate surface area is 194 Å². The summed E-state index contributed by atoms with van der Waals surface area (Å²) >= 11 is 0. The highest BCUT2D eigenvalue weighted by Crippen LogP contribution is 2.27. The Balaban J connectivity index is 1.31. The summed E-state index contributed by atoms with van der Waals surface area (Å²) in [5, 5.41) is 13.7. The summed E-state index contributed by atoms with van der Waals surface area (Å²) in [5.74, 6) is -0.477. The third-order valence-corrected chi connectivity index (χ3v) is 6.23. The largest absolute Gasteiger partial charge is 0.390 e. The number of benzene rings is 3. The first-order valence-electron chi connectivity index (χ1n) is 11.5. The SMILES string of the molecule is OC(CNc1ccccc1)CN1CCN(CC(c2ccc(F)cc2)c2ccc(F)cc2)CC1. The monoisotopic (exact) mass is 451 g/mol. The molecule has 0 bridgehead atoms. The molecule has 1 heterocycles. The molecule has 1 atom stereocenters. The molecule has 0 saturated carbocycles. The zero-order valence-corrected chi connectivity index (χ0v) is 18.7. The third-order valence-electron chi connectivity index (χ3n) is 6.23. The molecule has 2 N–H and O–H groups in total. The molecule has 3 aromatic rings. The molecule has 1 fully saturated rings. The van der Waals surface area contributed by atoms with E-state index in [-0.39, 0.29) is 17.6 Å². The molecule has 0 radical (unpaired) electrons. The van der Waals surface area contributed by atoms with Gasteiger partial charge in [0.1, 0.15) is 11.6 Å². The summed E-state index contributed by atoms with van der Waals surface area (Å²) in [6.07, 6.45) is -0.442. The van der Waals surface area contributed by atoms with Crippen molar-refractivity contribution in [1.29, 1.82) is 0 Å². The van der Waals surface area contributed by atoms with Crippen LogP contribution in [0.4, 0.5) is 14.5 Å². The van der Waals surface area contributed by atoms with Gasteiger partial charge in [0.05, 0.1) is 6.10 Å². The summed E-state index contributed by atoms with van der Waals surface area (Å²) in [6.45, 7) is 5.46. The van der Waals surface area contributed by atoms with Gasteiger partial charge >= 0.3 is 0 Å². The van der Waals surface area contributed by atoms with Crippen LogP contribution in [-0.2, 0) is 0 Å². The number of nitrogens with one attached hydrogen (secondary N) is 1. The van der Waals surface area contributed by atoms with Crippen LogP contribution >= 0.6 is 0 Å². The lowest BCUT2D eigenvalue weighted by molar-refractivity contribution is 0.0771. The van der Waals surface area contributed by atoms with E-state index in [9.17, 15) is 13.9 Å². The molecular formula is C27H31F2N3O. The Hall–Kier alpha value is -2.80. The van der Waals surface area contributed by atoms with E-state index < -0.39 is 6.10 Å². The van der Waals surface area contributed by atoms with Gasteiger partial charge in [0.25, 0.3) is 0 Å². The molecule has 1 aliphatic heterocycles. The predicted octanol–water partition coefficient (Wildman–Crippen LogP) is 4.19. The minimum absolute atomic E-state index is 0.0402. The molecule has 3 aromatic carbocycles. The van der Waals surface area contributed by atoms with Crippen LogP contribution in [0.3, 0.4) is 0 Å². The van der Waals surface area contributed by atoms with Crippen LogP contribution in [0.2, 0.25) is 0 Å². The van der Waals surface area contributed by atoms with E-state index in [0.29, 0.717) is 13.1 Å². The number of nitrogens with zero attached hydrogens (tertiary/aromatic N) is 2. The van der Waals surface area contributed by atoms with Crippen LogP contribution in [0.15, 0.2) is 78.9 Å². The maximum atomic E-state index is 13.5. The maximum absolute atomic E-state index is 13.5. The first kappa shape index (κ1) is 23.4. The number of hydrogen-bond acceptors (Lipinski definition) is 4. The van der Waals surface area contributed by atoms with Crippen LogP contribution in [0, 0.1) is 11.6 Å². The van der Waals surface area contributed by atoms with Gasteiger partial charge in [-0.1, -0.05) is 42.5 Å². The first-order valence-corrected chi connectivity index (χ1v) is 11.5. The van der Waals surface area contributed by atoms with Crippen LogP contribution in [0.5, 0.6) is 0 Å². The van der Waals surface area contributed by atoms with Crippen molar-refractivity contribution in [2.24, 2.45) is 0 Å². The van der Waals surface area contributed by atoms with E-state index in [4.69, 9.17) is 0 Å². The summed E-state index contributed by atoms with van der Waals surface area (Å²) in [7, 11) is 0. The molecule has 6 heteroatoms. The van der Waals surface area contributed by atoms with Crippen LogP contribution in [0.1, 0.15) is 17.0 Å². The van der Waals surface area contributed by atoms with Crippen molar-refractivity contribution in [3.8, 4) is 0 Å². The van der Waals surface area contributed by atoms with Crippen molar-refractivity contribution < 1.29 is 13.9 Å². The Morgan fingerprint density at radius 3 is 1.70 bits per heavy atom. The minimum atomic E-state index is -0.442. The second-order valence-corrected chi connectivity index (χ2v) is 8.66. The van der Waals surface area contributed by atoms with Crippen molar-refractivity contribution in [3.63, 3.8) is 0 Å². The maximum Gasteiger partial charge on any atom is 0.123 e. The van der Waals surface area contributed by atoms with Crippen molar-refractivity contribution in [3.05, 3.63) is 102 Å². The highest BCUT2D eigenvalue weighted by Gasteiger charge is 2.23. The summed E-state index contributed by atoms with van der Waals surface area (Å²) in [4.78, 5) is 4.68. The number of para-hydroxylation sites is 1. The topological polar surface area (TPSA) is 38.7 Å². The van der Waals surface area contributed by atoms with Gasteiger partial charge in [-0.25, -0.2) is 8.78 Å². The second kappa shape index (κ2) is 11.4. The van der Waals surface area contributed by atoms with E-state index >= 15 is 0 Å². The molecular weight excluding hydrogens is 420 g/mol. The smallest absolute Gasteiger partial charge is 0.123 e. The normalized spacial score (nSPS) is 16.1. The van der Waals surface area contributed by atoms with Crippen molar-refractivity contribution in [2.45, 2.75) is 12.0 Å². The molecule has 4 nitrogen and oxygen atoms in total. The number of halogens is 2. The average molecular weight is 452 g/mol. The second-order valence-electron chi connectivity index (χ2n) is 8.66. The van der Waals surface area contributed by atoms with Gasteiger partial charge in [-0.3, -0.25) is 9.80 Å². The standard InChI is InChI=1S/C27H31F2N3O/c28-23-10-6-21(7-11-23)27(22-8-12-24(29)13-9-22)20-32-16-14-31(15-17-32)19-26(33)18-30-25-4-2-1-3-5-25/h1-13,26-27,30,33H,14-20H2. The van der Waals surface area contributed by atoms with Gasteiger partial charge in [-0.15, -0.1) is 0 Å². The van der Waals surface area contributed by atoms with Crippen molar-refractivity contribution >= 4 is 5.69 Å². The average Bonchev–Trinajstić information content (AvgIpc) is 2.84. The first-order chi connectivity index (χ1) is 16.1. The van der Waals surface area contributed by atoms with Gasteiger partial charge < -0.3 is 10.4 Å². The Bertz CT molecular complexity index is 929. The molecule has 1 saturated heterocycles. The fraction of sp³-hybridized carbons (Fsp3) is 0.333. The van der Waals surface area contributed by atoms with E-state index in [2.05, 4.69) is 15.1 Å². The van der Waals surface area contributed by atoms with Gasteiger partial charge in [-0.2, -0.15) is 0 Å². The summed E-state index contributed by atoms with van der Waals surface area (Å²) in [6, 6.07) is 23.1. The van der Waals surface area contributed by atoms with Crippen LogP contribution < -0.4 is 5.32 Å². The Morgan fingerprint density at radius 2 is 1.18 bits per heavy atom. The number of aliphatic hydroxyl groups is 1. The number of rotatable bonds is 9. The Morgan fingerprint density at radius 1 is 0.697 bits per heavy atom. The molecule has 1 aliphatic rings. The minimum Gasteiger partial charge on any atom is -0.390 e. The molecule has 0 aromatic heterocycles. The van der Waals surface area contributed by atoms with Gasteiger partial charge in [0.2, 0.25) is 0 Å². The summed E-state index contributed by atoms with van der Waals surface area (Å²) < 4.78 is 26.9. The van der Waals surface area contributed by atoms with E-state index in [1.54, 1.807) is 0 Å². The Kier molecular flexibility index (Phi) is 8.05. The molecule has 4 rings (SSSR count). The summed E-state index contributed by atoms with van der Waals surface area (Å²) in [5.41, 5.74) is 3.05. The zero-order valence-electron chi connectivity index (χ0n) is 18.7. The van der Waals surface area contributed by atoms with Gasteiger partial charge in [0.15, 0.2) is 0 Å². The quantitative estimate of drug-likeness (QED) is 0.512. The predicted molar refractivity (Wildman–Crippen MR) is 128 cm³/mol. The highest BCUT2D eigenvalue weighted by molar-refractivity contribution is 5.42. The molecule has 174 valence electrons. The van der Waals surface area contributed by atoms with Gasteiger partial charge in [0, 0.05) is 57.4 Å². The highest BCUT2D eigenvalue weighted by atomic mass is 19.1. The van der Waals surface area contributed by atoms with Crippen molar-refractivity contribution in [1.82, 2.24) is 9.80 Å². The molecule has 0 aliphatic carbocycles. The fourth-order valence-corrected chi connectivity index (χ4v) is 4.36. The molecule has 33 heavy (non-hydrogen) atoms. The molecule has 1 unspecified atom stereocenters. The van der Waals surface area contributed by atoms with E-state index in [1.807, 2.05) is 54.6 Å². The van der Waals surface area contributed by atoms with E-state index in [0.717, 1.165) is 49.5 Å². The van der Waals surface area contributed by atoms with E-state index in [1.165, 1.54) is 24.3 Å². The zero-order chi connectivity index (χ0) is 23.0. The lowest BCUT2D eigenvalue weighted by Crippen LogP contribution is -2.50. The third kappa shape index (κ3) is 6.84. The lowest BCUT2D eigenvalue weighted by atomic mass is 9.90. The van der Waals surface area contributed by atoms with Gasteiger partial charge in [-0.05, 0) is 47.5 Å². The lowest BCUT2D eigenvalue weighted by Gasteiger charge is -2.37. The molecule has 0 amide bonds. The number of aliphatic hydroxyl groups excluding tert-OH is 1. The van der Waals surface area contributed by atoms with Crippen LogP contribution in [0.25, 0.3) is 0 Å². The van der Waals surface area contributed by atoms with Crippen molar-refractivity contribution in [2.75, 3.05) is 51.1 Å². The number of β-amino-alcohol motifs (C(OH)–C–C–N with tert-alkyl or cyclic N) is 1.